The van der Waals surface area contributed by atoms with Gasteiger partial charge in [-0.1, -0.05) is 12.8 Å². The maximum absolute atomic E-state index is 10.0. The number of hydrogen-bond acceptors (Lipinski definition) is 3. The van der Waals surface area contributed by atoms with E-state index in [-0.39, 0.29) is 6.10 Å². The fourth-order valence-electron chi connectivity index (χ4n) is 2.10. The third-order valence-corrected chi connectivity index (χ3v) is 2.74. The van der Waals surface area contributed by atoms with Crippen molar-refractivity contribution in [2.45, 2.75) is 31.8 Å². The van der Waals surface area contributed by atoms with Crippen LogP contribution in [0.25, 0.3) is 0 Å². The minimum atomic E-state index is -0.647. The summed E-state index contributed by atoms with van der Waals surface area (Å²) in [7, 11) is 0. The molecule has 0 aromatic heterocycles. The van der Waals surface area contributed by atoms with E-state index in [1.165, 1.54) is 6.42 Å². The molecule has 2 aliphatic carbocycles. The van der Waals surface area contributed by atoms with Crippen molar-refractivity contribution in [3.63, 3.8) is 0 Å². The highest BCUT2D eigenvalue weighted by atomic mass is 17.0. The van der Waals surface area contributed by atoms with Gasteiger partial charge in [0.1, 0.15) is 6.10 Å². The Morgan fingerprint density at radius 1 is 1.45 bits per heavy atom. The first-order valence-corrected chi connectivity index (χ1v) is 4.08. The second kappa shape index (κ2) is 2.36. The van der Waals surface area contributed by atoms with Crippen molar-refractivity contribution in [1.29, 1.82) is 0 Å². The van der Waals surface area contributed by atoms with E-state index in [1.807, 2.05) is 0 Å². The number of rotatable bonds is 2. The summed E-state index contributed by atoms with van der Waals surface area (Å²) >= 11 is 0. The lowest BCUT2D eigenvalue weighted by atomic mass is 9.98. The molecule has 0 aromatic rings. The van der Waals surface area contributed by atoms with Gasteiger partial charge >= 0.3 is 0 Å². The predicted octanol–water partition coefficient (Wildman–Crippen LogP) is 1.38. The van der Waals surface area contributed by atoms with Crippen molar-refractivity contribution in [2.75, 3.05) is 0 Å². The van der Waals surface area contributed by atoms with Gasteiger partial charge in [-0.05, 0) is 24.7 Å². The largest absolute Gasteiger partial charge is 0.310 e. The molecule has 11 heavy (non-hydrogen) atoms. The first kappa shape index (κ1) is 6.88. The summed E-state index contributed by atoms with van der Waals surface area (Å²) in [5.74, 6) is 1.25. The molecule has 0 N–H and O–H groups in total. The molecule has 62 valence electrons. The van der Waals surface area contributed by atoms with E-state index in [4.69, 9.17) is 0 Å². The van der Waals surface area contributed by atoms with E-state index < -0.39 is 5.09 Å². The van der Waals surface area contributed by atoms with Gasteiger partial charge in [-0.2, -0.15) is 0 Å². The Hall–Kier alpha value is -0.800. The first-order valence-electron chi connectivity index (χ1n) is 4.08. The molecule has 0 radical (unpaired) electrons. The Balaban J connectivity index is 1.88. The zero-order chi connectivity index (χ0) is 7.84. The van der Waals surface area contributed by atoms with Gasteiger partial charge in [0.05, 0.1) is 0 Å². The predicted molar refractivity (Wildman–Crippen MR) is 37.3 cm³/mol. The van der Waals surface area contributed by atoms with Crippen LogP contribution in [0.5, 0.6) is 0 Å². The maximum Gasteiger partial charge on any atom is 0.294 e. The lowest BCUT2D eigenvalue weighted by molar-refractivity contribution is -0.770. The Bertz CT molecular complexity index is 183. The molecule has 4 nitrogen and oxygen atoms in total. The van der Waals surface area contributed by atoms with Crippen molar-refractivity contribution in [2.24, 2.45) is 11.8 Å². The van der Waals surface area contributed by atoms with Gasteiger partial charge in [0, 0.05) is 0 Å². The van der Waals surface area contributed by atoms with Crippen LogP contribution in [0, 0.1) is 22.0 Å². The molecule has 2 rings (SSSR count). The molecule has 0 saturated heterocycles. The third kappa shape index (κ3) is 1.29. The van der Waals surface area contributed by atoms with Crippen molar-refractivity contribution in [3.05, 3.63) is 10.1 Å². The van der Waals surface area contributed by atoms with Gasteiger partial charge in [-0.15, -0.1) is 10.1 Å². The Morgan fingerprint density at radius 3 is 3.00 bits per heavy atom. The van der Waals surface area contributed by atoms with Crippen LogP contribution in [0.4, 0.5) is 0 Å². The lowest BCUT2D eigenvalue weighted by Crippen LogP contribution is -2.22. The molecule has 4 heteroatoms. The standard InChI is InChI=1S/C7H11NO3/c9-8(10)11-7-3-1-2-5-4-6(5)7/h5-7H,1-4H2. The van der Waals surface area contributed by atoms with Crippen LogP contribution >= 0.6 is 0 Å². The summed E-state index contributed by atoms with van der Waals surface area (Å²) in [4.78, 5) is 14.6. The van der Waals surface area contributed by atoms with Gasteiger partial charge in [0.25, 0.3) is 5.09 Å². The molecule has 0 amide bonds. The van der Waals surface area contributed by atoms with Crippen molar-refractivity contribution >= 4 is 0 Å². The second-order valence-electron chi connectivity index (χ2n) is 3.46. The minimum absolute atomic E-state index is 0.0799. The van der Waals surface area contributed by atoms with Gasteiger partial charge in [0.15, 0.2) is 0 Å². The van der Waals surface area contributed by atoms with E-state index >= 15 is 0 Å². The fourth-order valence-corrected chi connectivity index (χ4v) is 2.10. The summed E-state index contributed by atoms with van der Waals surface area (Å²) in [6, 6.07) is 0. The van der Waals surface area contributed by atoms with Gasteiger partial charge in [-0.25, -0.2) is 0 Å². The molecule has 0 bridgehead atoms. The van der Waals surface area contributed by atoms with E-state index in [9.17, 15) is 10.1 Å². The molecule has 2 fully saturated rings. The Morgan fingerprint density at radius 2 is 2.27 bits per heavy atom. The average Bonchev–Trinajstić information content (AvgIpc) is 2.65. The molecule has 0 aliphatic heterocycles. The van der Waals surface area contributed by atoms with E-state index in [1.54, 1.807) is 0 Å². The normalized spacial score (nSPS) is 40.9. The van der Waals surface area contributed by atoms with Crippen molar-refractivity contribution in [3.8, 4) is 0 Å². The zero-order valence-electron chi connectivity index (χ0n) is 6.23. The van der Waals surface area contributed by atoms with Crippen molar-refractivity contribution in [1.82, 2.24) is 0 Å². The molecule has 3 unspecified atom stereocenters. The Kier molecular flexibility index (Phi) is 1.47. The summed E-state index contributed by atoms with van der Waals surface area (Å²) in [6.45, 7) is 0. The lowest BCUT2D eigenvalue weighted by Gasteiger charge is -2.18. The van der Waals surface area contributed by atoms with Crippen molar-refractivity contribution < 1.29 is 9.92 Å². The van der Waals surface area contributed by atoms with E-state index in [0.717, 1.165) is 25.2 Å². The molecule has 2 aliphatic rings. The maximum atomic E-state index is 10.0. The van der Waals surface area contributed by atoms with Crippen LogP contribution < -0.4 is 0 Å². The topological polar surface area (TPSA) is 52.4 Å². The zero-order valence-corrected chi connectivity index (χ0v) is 6.23. The number of nitrogens with zero attached hydrogens (tertiary/aromatic N) is 1. The third-order valence-electron chi connectivity index (χ3n) is 2.74. The highest BCUT2D eigenvalue weighted by molar-refractivity contribution is 4.95. The molecule has 0 heterocycles. The summed E-state index contributed by atoms with van der Waals surface area (Å²) < 4.78 is 0. The van der Waals surface area contributed by atoms with Gasteiger partial charge in [0.2, 0.25) is 0 Å². The van der Waals surface area contributed by atoms with Crippen LogP contribution in [0.3, 0.4) is 0 Å². The number of fused-ring (bicyclic) bond motifs is 1. The highest BCUT2D eigenvalue weighted by Crippen LogP contribution is 2.50. The van der Waals surface area contributed by atoms with Crippen LogP contribution in [-0.4, -0.2) is 11.2 Å². The Labute approximate surface area is 64.6 Å². The summed E-state index contributed by atoms with van der Waals surface area (Å²) in [6.07, 6.45) is 4.30. The molecular formula is C7H11NO3. The smallest absolute Gasteiger partial charge is 0.294 e. The van der Waals surface area contributed by atoms with Gasteiger partial charge < -0.3 is 4.84 Å². The summed E-state index contributed by atoms with van der Waals surface area (Å²) in [5, 5.41) is 9.37. The van der Waals surface area contributed by atoms with Crippen LogP contribution in [0.15, 0.2) is 0 Å². The summed E-state index contributed by atoms with van der Waals surface area (Å²) in [5.41, 5.74) is 0. The van der Waals surface area contributed by atoms with Gasteiger partial charge in [-0.3, -0.25) is 0 Å². The van der Waals surface area contributed by atoms with E-state index in [2.05, 4.69) is 4.84 Å². The molecule has 0 aromatic carbocycles. The monoisotopic (exact) mass is 157 g/mol. The van der Waals surface area contributed by atoms with E-state index in [0.29, 0.717) is 5.92 Å². The highest BCUT2D eigenvalue weighted by Gasteiger charge is 2.46. The molecule has 0 spiro atoms. The second-order valence-corrected chi connectivity index (χ2v) is 3.46. The average molecular weight is 157 g/mol. The number of hydrogen-bond donors (Lipinski definition) is 0. The SMILES string of the molecule is O=[N+]([O-])OC1CCCC2CC21. The molecule has 2 saturated carbocycles. The molecular weight excluding hydrogens is 146 g/mol. The molecule has 3 atom stereocenters. The quantitative estimate of drug-likeness (QED) is 0.449. The van der Waals surface area contributed by atoms with Crippen LogP contribution in [-0.2, 0) is 4.84 Å². The minimum Gasteiger partial charge on any atom is -0.310 e. The van der Waals surface area contributed by atoms with Crippen LogP contribution in [0.2, 0.25) is 0 Å². The fraction of sp³-hybridized carbons (Fsp3) is 1.00. The van der Waals surface area contributed by atoms with Crippen LogP contribution in [0.1, 0.15) is 25.7 Å². The first-order chi connectivity index (χ1) is 5.27.